The second kappa shape index (κ2) is 6.04. The van der Waals surface area contributed by atoms with Gasteiger partial charge in [-0.3, -0.25) is 14.5 Å². The number of nitrogens with zero attached hydrogens (tertiary/aromatic N) is 5. The van der Waals surface area contributed by atoms with Gasteiger partial charge in [-0.05, 0) is 23.9 Å². The smallest absolute Gasteiger partial charge is 0.270 e. The minimum absolute atomic E-state index is 0.150. The maximum Gasteiger partial charge on any atom is 0.270 e. The molecule has 2 aromatic heterocycles. The van der Waals surface area contributed by atoms with Gasteiger partial charge in [0.25, 0.3) is 5.69 Å². The van der Waals surface area contributed by atoms with E-state index in [4.69, 9.17) is 23.2 Å². The van der Waals surface area contributed by atoms with Crippen molar-refractivity contribution in [1.29, 1.82) is 5.26 Å². The van der Waals surface area contributed by atoms with Crippen LogP contribution in [0, 0.1) is 21.4 Å². The Bertz CT molecular complexity index is 982. The average molecular weight is 366 g/mol. The summed E-state index contributed by atoms with van der Waals surface area (Å²) < 4.78 is 1.60. The lowest BCUT2D eigenvalue weighted by Gasteiger charge is -2.03. The summed E-state index contributed by atoms with van der Waals surface area (Å²) in [6.07, 6.45) is 1.60. The summed E-state index contributed by atoms with van der Waals surface area (Å²) in [5, 5.41) is 29.1. The zero-order chi connectivity index (χ0) is 16.6. The molecule has 3 aromatic rings. The molecule has 0 aliphatic carbocycles. The lowest BCUT2D eigenvalue weighted by atomic mass is 10.2. The molecule has 2 heterocycles. The molecule has 0 aliphatic heterocycles. The van der Waals surface area contributed by atoms with Crippen LogP contribution in [0.15, 0.2) is 40.5 Å². The van der Waals surface area contributed by atoms with Gasteiger partial charge >= 0.3 is 0 Å². The first-order valence-electron chi connectivity index (χ1n) is 6.06. The van der Waals surface area contributed by atoms with E-state index in [0.29, 0.717) is 25.7 Å². The maximum absolute atomic E-state index is 10.8. The minimum atomic E-state index is -0.554. The van der Waals surface area contributed by atoms with Gasteiger partial charge in [-0.2, -0.15) is 5.26 Å². The van der Waals surface area contributed by atoms with Crippen LogP contribution in [0.5, 0.6) is 0 Å². The second-order valence-electron chi connectivity index (χ2n) is 4.33. The first kappa shape index (κ1) is 15.6. The molecule has 0 N–H and O–H groups in total. The Kier molecular flexibility index (Phi) is 4.09. The number of rotatable bonds is 3. The molecular formula is C13H5Cl2N5O2S. The van der Waals surface area contributed by atoms with Gasteiger partial charge in [0.1, 0.15) is 6.07 Å². The highest BCUT2D eigenvalue weighted by atomic mass is 35.5. The van der Waals surface area contributed by atoms with Crippen LogP contribution in [-0.2, 0) is 0 Å². The van der Waals surface area contributed by atoms with Gasteiger partial charge in [0, 0.05) is 23.2 Å². The van der Waals surface area contributed by atoms with E-state index < -0.39 is 4.92 Å². The van der Waals surface area contributed by atoms with Crippen molar-refractivity contribution in [2.24, 2.45) is 0 Å². The number of nitro groups is 1. The topological polar surface area (TPSA) is 97.1 Å². The first-order chi connectivity index (χ1) is 11.0. The van der Waals surface area contributed by atoms with Crippen molar-refractivity contribution in [2.75, 3.05) is 0 Å². The Morgan fingerprint density at radius 2 is 2.09 bits per heavy atom. The van der Waals surface area contributed by atoms with Crippen LogP contribution in [-0.4, -0.2) is 19.5 Å². The zero-order valence-electron chi connectivity index (χ0n) is 11.1. The normalized spacial score (nSPS) is 10.7. The average Bonchev–Trinajstić information content (AvgIpc) is 2.90. The van der Waals surface area contributed by atoms with Crippen LogP contribution in [0.25, 0.3) is 5.65 Å². The van der Waals surface area contributed by atoms with E-state index in [-0.39, 0.29) is 11.3 Å². The highest BCUT2D eigenvalue weighted by molar-refractivity contribution is 7.99. The maximum atomic E-state index is 10.8. The number of pyridine rings is 1. The fraction of sp³-hybridized carbons (Fsp3) is 0. The van der Waals surface area contributed by atoms with E-state index in [0.717, 1.165) is 11.8 Å². The van der Waals surface area contributed by atoms with Crippen molar-refractivity contribution in [1.82, 2.24) is 14.6 Å². The van der Waals surface area contributed by atoms with E-state index in [9.17, 15) is 15.4 Å². The Morgan fingerprint density at radius 1 is 1.30 bits per heavy atom. The predicted molar refractivity (Wildman–Crippen MR) is 84.9 cm³/mol. The molecule has 1 aromatic carbocycles. The van der Waals surface area contributed by atoms with Crippen molar-refractivity contribution in [3.05, 3.63) is 56.2 Å². The van der Waals surface area contributed by atoms with Gasteiger partial charge in [-0.25, -0.2) is 0 Å². The number of benzene rings is 1. The molecule has 0 aliphatic rings. The summed E-state index contributed by atoms with van der Waals surface area (Å²) in [5.41, 5.74) is 0.455. The molecule has 0 fully saturated rings. The molecule has 7 nitrogen and oxygen atoms in total. The van der Waals surface area contributed by atoms with Crippen molar-refractivity contribution in [3.8, 4) is 6.07 Å². The Hall–Kier alpha value is -2.34. The van der Waals surface area contributed by atoms with Gasteiger partial charge in [-0.15, -0.1) is 10.2 Å². The largest absolute Gasteiger partial charge is 0.274 e. The van der Waals surface area contributed by atoms with Gasteiger partial charge in [-0.1, -0.05) is 23.2 Å². The SMILES string of the molecule is N#Cc1cc([N+](=O)[O-])ccc1Sc1nnc2c(Cl)cc(Cl)cn12. The minimum Gasteiger partial charge on any atom is -0.274 e. The number of fused-ring (bicyclic) bond motifs is 1. The number of halogens is 2. The number of aromatic nitrogens is 3. The fourth-order valence-corrected chi connectivity index (χ4v) is 3.25. The number of nitriles is 1. The highest BCUT2D eigenvalue weighted by Crippen LogP contribution is 2.33. The summed E-state index contributed by atoms with van der Waals surface area (Å²) in [4.78, 5) is 10.7. The van der Waals surface area contributed by atoms with Crippen molar-refractivity contribution in [2.45, 2.75) is 10.1 Å². The van der Waals surface area contributed by atoms with Crippen molar-refractivity contribution in [3.63, 3.8) is 0 Å². The predicted octanol–water partition coefficient (Wildman–Crippen LogP) is 3.97. The molecule has 0 saturated heterocycles. The Labute approximate surface area is 143 Å². The molecule has 0 radical (unpaired) electrons. The van der Waals surface area contributed by atoms with Gasteiger partial charge in [0.15, 0.2) is 5.65 Å². The number of hydrogen-bond donors (Lipinski definition) is 0. The molecule has 10 heteroatoms. The van der Waals surface area contributed by atoms with Gasteiger partial charge in [0.2, 0.25) is 5.16 Å². The molecule has 3 rings (SSSR count). The third-order valence-electron chi connectivity index (χ3n) is 2.89. The van der Waals surface area contributed by atoms with E-state index in [1.807, 2.05) is 6.07 Å². The molecule has 114 valence electrons. The van der Waals surface area contributed by atoms with Gasteiger partial charge < -0.3 is 0 Å². The van der Waals surface area contributed by atoms with Crippen LogP contribution >= 0.6 is 35.0 Å². The van der Waals surface area contributed by atoms with Crippen LogP contribution in [0.2, 0.25) is 10.0 Å². The molecule has 0 unspecified atom stereocenters. The van der Waals surface area contributed by atoms with Crippen LogP contribution in [0.3, 0.4) is 0 Å². The molecule has 0 atom stereocenters. The lowest BCUT2D eigenvalue weighted by Crippen LogP contribution is -1.92. The fourth-order valence-electron chi connectivity index (χ4n) is 1.88. The van der Waals surface area contributed by atoms with Crippen molar-refractivity contribution < 1.29 is 4.92 Å². The van der Waals surface area contributed by atoms with Crippen LogP contribution in [0.1, 0.15) is 5.56 Å². The number of hydrogen-bond acceptors (Lipinski definition) is 6. The third-order valence-corrected chi connectivity index (χ3v) is 4.41. The number of non-ortho nitro benzene ring substituents is 1. The van der Waals surface area contributed by atoms with Crippen molar-refractivity contribution >= 4 is 46.3 Å². The summed E-state index contributed by atoms with van der Waals surface area (Å²) in [5.74, 6) is 0. The molecule has 0 bridgehead atoms. The quantitative estimate of drug-likeness (QED) is 0.514. The summed E-state index contributed by atoms with van der Waals surface area (Å²) in [7, 11) is 0. The molecule has 0 spiro atoms. The monoisotopic (exact) mass is 365 g/mol. The third kappa shape index (κ3) is 2.94. The molecule has 0 saturated carbocycles. The zero-order valence-corrected chi connectivity index (χ0v) is 13.4. The number of nitro benzene ring substituents is 1. The summed E-state index contributed by atoms with van der Waals surface area (Å²) in [6.45, 7) is 0. The Balaban J connectivity index is 2.06. The van der Waals surface area contributed by atoms with E-state index in [2.05, 4.69) is 10.2 Å². The summed E-state index contributed by atoms with van der Waals surface area (Å²) in [6, 6.07) is 7.52. The van der Waals surface area contributed by atoms with Crippen LogP contribution < -0.4 is 0 Å². The Morgan fingerprint density at radius 3 is 2.78 bits per heavy atom. The molecule has 0 amide bonds. The highest BCUT2D eigenvalue weighted by Gasteiger charge is 2.16. The lowest BCUT2D eigenvalue weighted by molar-refractivity contribution is -0.384. The van der Waals surface area contributed by atoms with E-state index in [1.54, 1.807) is 16.7 Å². The molecular weight excluding hydrogens is 361 g/mol. The first-order valence-corrected chi connectivity index (χ1v) is 7.63. The van der Waals surface area contributed by atoms with Crippen LogP contribution in [0.4, 0.5) is 5.69 Å². The summed E-state index contributed by atoms with van der Waals surface area (Å²) >= 11 is 13.2. The van der Waals surface area contributed by atoms with Gasteiger partial charge in [0.05, 0.1) is 20.5 Å². The second-order valence-corrected chi connectivity index (χ2v) is 6.19. The van der Waals surface area contributed by atoms with E-state index in [1.165, 1.54) is 18.2 Å². The molecule has 23 heavy (non-hydrogen) atoms. The van der Waals surface area contributed by atoms with E-state index >= 15 is 0 Å². The standard InChI is InChI=1S/C13H5Cl2N5O2S/c14-8-4-10(15)12-17-18-13(19(12)6-8)23-11-2-1-9(20(21)22)3-7(11)5-16/h1-4,6H.